The first-order valence-corrected chi connectivity index (χ1v) is 10.4. The van der Waals surface area contributed by atoms with Crippen LogP contribution in [0.2, 0.25) is 0 Å². The van der Waals surface area contributed by atoms with Crippen LogP contribution in [0.4, 0.5) is 10.1 Å². The lowest BCUT2D eigenvalue weighted by molar-refractivity contribution is -0.113. The number of rotatable bonds is 9. The van der Waals surface area contributed by atoms with E-state index in [0.717, 1.165) is 11.3 Å². The summed E-state index contributed by atoms with van der Waals surface area (Å²) in [4.78, 5) is 12.2. The molecular weight excluding hydrogens is 403 g/mol. The number of ether oxygens (including phenoxy) is 1. The van der Waals surface area contributed by atoms with E-state index in [9.17, 15) is 9.18 Å². The number of halogens is 1. The Kier molecular flexibility index (Phi) is 7.24. The van der Waals surface area contributed by atoms with Crippen molar-refractivity contribution in [1.82, 2.24) is 14.8 Å². The van der Waals surface area contributed by atoms with E-state index in [1.165, 1.54) is 36.0 Å². The van der Waals surface area contributed by atoms with Gasteiger partial charge in [-0.25, -0.2) is 4.39 Å². The number of carbonyl (C=O) groups is 1. The summed E-state index contributed by atoms with van der Waals surface area (Å²) in [6, 6.07) is 13.4. The van der Waals surface area contributed by atoms with Gasteiger partial charge < -0.3 is 10.1 Å². The molecule has 0 radical (unpaired) electrons. The van der Waals surface area contributed by atoms with Crippen molar-refractivity contribution in [2.24, 2.45) is 0 Å². The first-order valence-electron chi connectivity index (χ1n) is 9.42. The molecule has 1 atom stereocenters. The number of benzene rings is 2. The molecule has 8 heteroatoms. The average molecular weight is 427 g/mol. The van der Waals surface area contributed by atoms with Gasteiger partial charge in [-0.1, -0.05) is 30.0 Å². The van der Waals surface area contributed by atoms with E-state index in [1.54, 1.807) is 6.08 Å². The molecule has 1 aromatic heterocycles. The highest BCUT2D eigenvalue weighted by Crippen LogP contribution is 2.25. The molecule has 1 heterocycles. The zero-order valence-corrected chi connectivity index (χ0v) is 17.7. The first-order chi connectivity index (χ1) is 14.5. The van der Waals surface area contributed by atoms with E-state index < -0.39 is 0 Å². The smallest absolute Gasteiger partial charge is 0.234 e. The Bertz CT molecular complexity index is 1020. The predicted molar refractivity (Wildman–Crippen MR) is 116 cm³/mol. The molecule has 3 aromatic rings. The fraction of sp³-hybridized carbons (Fsp3) is 0.227. The lowest BCUT2D eigenvalue weighted by Gasteiger charge is -2.16. The van der Waals surface area contributed by atoms with Gasteiger partial charge in [0.1, 0.15) is 11.6 Å². The van der Waals surface area contributed by atoms with Crippen LogP contribution >= 0.6 is 11.8 Å². The standard InChI is InChI=1S/C22H23FN4O2S/c1-4-12-27-21(16(3)29-19-7-5-6-15(2)13-19)25-26-22(27)30-14-20(28)24-18-10-8-17(23)9-11-18/h4-11,13,16H,1,12,14H2,2-3H3,(H,24,28). The number of hydrogen-bond acceptors (Lipinski definition) is 5. The molecule has 0 fully saturated rings. The molecule has 156 valence electrons. The molecule has 0 spiro atoms. The monoisotopic (exact) mass is 426 g/mol. The van der Waals surface area contributed by atoms with E-state index >= 15 is 0 Å². The third-order valence-electron chi connectivity index (χ3n) is 4.18. The van der Waals surface area contributed by atoms with Crippen LogP contribution in [0.15, 0.2) is 66.3 Å². The van der Waals surface area contributed by atoms with Crippen LogP contribution in [-0.4, -0.2) is 26.4 Å². The molecule has 6 nitrogen and oxygen atoms in total. The van der Waals surface area contributed by atoms with Crippen LogP contribution in [0.1, 0.15) is 24.4 Å². The van der Waals surface area contributed by atoms with E-state index in [1.807, 2.05) is 42.7 Å². The van der Waals surface area contributed by atoms with Crippen LogP contribution in [0.3, 0.4) is 0 Å². The molecule has 1 N–H and O–H groups in total. The Morgan fingerprint density at radius 2 is 2.07 bits per heavy atom. The van der Waals surface area contributed by atoms with E-state index in [2.05, 4.69) is 22.1 Å². The average Bonchev–Trinajstić information content (AvgIpc) is 3.11. The SMILES string of the molecule is C=CCn1c(SCC(=O)Nc2ccc(F)cc2)nnc1C(C)Oc1cccc(C)c1. The van der Waals surface area contributed by atoms with E-state index in [-0.39, 0.29) is 23.6 Å². The Morgan fingerprint density at radius 3 is 2.77 bits per heavy atom. The summed E-state index contributed by atoms with van der Waals surface area (Å²) in [6.45, 7) is 8.19. The molecule has 0 saturated heterocycles. The summed E-state index contributed by atoms with van der Waals surface area (Å²) in [5, 5.41) is 11.8. The molecule has 0 saturated carbocycles. The van der Waals surface area contributed by atoms with Crippen LogP contribution < -0.4 is 10.1 Å². The van der Waals surface area contributed by atoms with E-state index in [4.69, 9.17) is 4.74 Å². The normalized spacial score (nSPS) is 11.7. The number of allylic oxidation sites excluding steroid dienone is 1. The second-order valence-electron chi connectivity index (χ2n) is 6.66. The number of nitrogens with zero attached hydrogens (tertiary/aromatic N) is 3. The van der Waals surface area contributed by atoms with Gasteiger partial charge in [0.25, 0.3) is 0 Å². The Hall–Kier alpha value is -3.13. The van der Waals surface area contributed by atoms with Gasteiger partial charge in [-0.2, -0.15) is 0 Å². The number of thioether (sulfide) groups is 1. The minimum absolute atomic E-state index is 0.139. The van der Waals surface area contributed by atoms with Gasteiger partial charge in [-0.15, -0.1) is 16.8 Å². The topological polar surface area (TPSA) is 69.0 Å². The van der Waals surface area contributed by atoms with Crippen molar-refractivity contribution in [3.63, 3.8) is 0 Å². The summed E-state index contributed by atoms with van der Waals surface area (Å²) >= 11 is 1.26. The van der Waals surface area contributed by atoms with Crippen molar-refractivity contribution in [1.29, 1.82) is 0 Å². The van der Waals surface area contributed by atoms with Gasteiger partial charge in [0, 0.05) is 12.2 Å². The van der Waals surface area contributed by atoms with Gasteiger partial charge in [-0.05, 0) is 55.8 Å². The molecule has 1 unspecified atom stereocenters. The van der Waals surface area contributed by atoms with Crippen molar-refractivity contribution in [3.05, 3.63) is 78.4 Å². The molecule has 30 heavy (non-hydrogen) atoms. The predicted octanol–water partition coefficient (Wildman–Crippen LogP) is 4.78. The van der Waals surface area contributed by atoms with Gasteiger partial charge >= 0.3 is 0 Å². The van der Waals surface area contributed by atoms with Gasteiger partial charge in [-0.3, -0.25) is 9.36 Å². The number of aromatic nitrogens is 3. The van der Waals surface area contributed by atoms with Crippen molar-refractivity contribution in [2.75, 3.05) is 11.1 Å². The molecular formula is C22H23FN4O2S. The maximum atomic E-state index is 13.0. The lowest BCUT2D eigenvalue weighted by Crippen LogP contribution is -2.15. The summed E-state index contributed by atoms with van der Waals surface area (Å²) in [7, 11) is 0. The van der Waals surface area contributed by atoms with E-state index in [0.29, 0.717) is 23.2 Å². The third-order valence-corrected chi connectivity index (χ3v) is 5.15. The molecule has 0 bridgehead atoms. The molecule has 0 aliphatic carbocycles. The Morgan fingerprint density at radius 1 is 1.30 bits per heavy atom. The maximum absolute atomic E-state index is 13.0. The van der Waals surface area contributed by atoms with Crippen molar-refractivity contribution in [3.8, 4) is 5.75 Å². The largest absolute Gasteiger partial charge is 0.483 e. The zero-order valence-electron chi connectivity index (χ0n) is 16.8. The molecule has 3 rings (SSSR count). The fourth-order valence-corrected chi connectivity index (χ4v) is 3.57. The van der Waals surface area contributed by atoms with Crippen LogP contribution in [0, 0.1) is 12.7 Å². The highest BCUT2D eigenvalue weighted by atomic mass is 32.2. The number of hydrogen-bond donors (Lipinski definition) is 1. The van der Waals surface area contributed by atoms with Gasteiger partial charge in [0.15, 0.2) is 17.1 Å². The number of aryl methyl sites for hydroxylation is 1. The second kappa shape index (κ2) is 10.1. The minimum atomic E-state index is -0.352. The van der Waals surface area contributed by atoms with Gasteiger partial charge in [0.2, 0.25) is 5.91 Å². The second-order valence-corrected chi connectivity index (χ2v) is 7.60. The minimum Gasteiger partial charge on any atom is -0.483 e. The quantitative estimate of drug-likeness (QED) is 0.394. The zero-order chi connectivity index (χ0) is 21.5. The van der Waals surface area contributed by atoms with Crippen molar-refractivity contribution < 1.29 is 13.9 Å². The van der Waals surface area contributed by atoms with Crippen LogP contribution in [0.25, 0.3) is 0 Å². The third kappa shape index (κ3) is 5.70. The Labute approximate surface area is 179 Å². The van der Waals surface area contributed by atoms with Crippen molar-refractivity contribution >= 4 is 23.4 Å². The number of anilines is 1. The maximum Gasteiger partial charge on any atom is 0.234 e. The number of amides is 1. The number of carbonyl (C=O) groups excluding carboxylic acids is 1. The summed E-state index contributed by atoms with van der Waals surface area (Å²) in [5.41, 5.74) is 1.64. The fourth-order valence-electron chi connectivity index (χ4n) is 2.81. The molecule has 2 aromatic carbocycles. The first kappa shape index (κ1) is 21.6. The van der Waals surface area contributed by atoms with Crippen LogP contribution in [-0.2, 0) is 11.3 Å². The highest BCUT2D eigenvalue weighted by molar-refractivity contribution is 7.99. The molecule has 0 aliphatic rings. The molecule has 0 aliphatic heterocycles. The summed E-state index contributed by atoms with van der Waals surface area (Å²) in [5.74, 6) is 0.973. The number of nitrogens with one attached hydrogen (secondary N) is 1. The lowest BCUT2D eigenvalue weighted by atomic mass is 10.2. The van der Waals surface area contributed by atoms with Crippen molar-refractivity contribution in [2.45, 2.75) is 31.7 Å². The van der Waals surface area contributed by atoms with Crippen LogP contribution in [0.5, 0.6) is 5.75 Å². The molecule has 1 amide bonds. The summed E-state index contributed by atoms with van der Waals surface area (Å²) in [6.07, 6.45) is 1.41. The van der Waals surface area contributed by atoms with Gasteiger partial charge in [0.05, 0.1) is 5.75 Å². The summed E-state index contributed by atoms with van der Waals surface area (Å²) < 4.78 is 20.9. The Balaban J connectivity index is 1.66. The highest BCUT2D eigenvalue weighted by Gasteiger charge is 2.20.